The quantitative estimate of drug-likeness (QED) is 0.358. The highest BCUT2D eigenvalue weighted by atomic mass is 35.5. The van der Waals surface area contributed by atoms with Crippen LogP contribution in [0.4, 0.5) is 17.1 Å². The Labute approximate surface area is 232 Å². The molecule has 1 amide bonds. The second-order valence-electron chi connectivity index (χ2n) is 8.86. The molecular formula is C26H28Cl2N4O3S2. The zero-order valence-corrected chi connectivity index (χ0v) is 23.9. The van der Waals surface area contributed by atoms with Crippen LogP contribution in [0.1, 0.15) is 15.9 Å². The van der Waals surface area contributed by atoms with E-state index in [2.05, 4.69) is 14.5 Å². The van der Waals surface area contributed by atoms with Gasteiger partial charge in [-0.15, -0.1) is 0 Å². The summed E-state index contributed by atoms with van der Waals surface area (Å²) in [4.78, 5) is 16.4. The molecule has 37 heavy (non-hydrogen) atoms. The van der Waals surface area contributed by atoms with Crippen LogP contribution in [0.3, 0.4) is 0 Å². The van der Waals surface area contributed by atoms with Crippen LogP contribution in [0.25, 0.3) is 0 Å². The molecule has 0 radical (unpaired) electrons. The van der Waals surface area contributed by atoms with Gasteiger partial charge in [0.15, 0.2) is 0 Å². The molecular weight excluding hydrogens is 551 g/mol. The fourth-order valence-electron chi connectivity index (χ4n) is 3.99. The van der Waals surface area contributed by atoms with Gasteiger partial charge in [0, 0.05) is 59.5 Å². The van der Waals surface area contributed by atoms with Crippen molar-refractivity contribution < 1.29 is 13.2 Å². The van der Waals surface area contributed by atoms with Crippen LogP contribution in [0.5, 0.6) is 0 Å². The predicted molar refractivity (Wildman–Crippen MR) is 155 cm³/mol. The number of piperazine rings is 1. The predicted octanol–water partition coefficient (Wildman–Crippen LogP) is 5.78. The number of hydrogen-bond acceptors (Lipinski definition) is 6. The van der Waals surface area contributed by atoms with Crippen molar-refractivity contribution in [3.8, 4) is 0 Å². The molecule has 0 atom stereocenters. The molecule has 1 aliphatic rings. The molecule has 0 spiro atoms. The minimum atomic E-state index is -3.51. The minimum Gasteiger partial charge on any atom is -0.369 e. The maximum Gasteiger partial charge on any atom is 0.257 e. The summed E-state index contributed by atoms with van der Waals surface area (Å²) < 4.78 is 27.5. The van der Waals surface area contributed by atoms with Crippen LogP contribution in [0.15, 0.2) is 65.6 Å². The van der Waals surface area contributed by atoms with Gasteiger partial charge in [0.25, 0.3) is 5.91 Å². The summed E-state index contributed by atoms with van der Waals surface area (Å²) in [6.07, 6.45) is 1.11. The van der Waals surface area contributed by atoms with E-state index >= 15 is 0 Å². The summed E-state index contributed by atoms with van der Waals surface area (Å²) >= 11 is 14.0. The Hall–Kier alpha value is -2.43. The third-order valence-corrected chi connectivity index (χ3v) is 8.77. The van der Waals surface area contributed by atoms with Crippen molar-refractivity contribution in [2.75, 3.05) is 54.0 Å². The zero-order chi connectivity index (χ0) is 26.7. The van der Waals surface area contributed by atoms with E-state index in [0.717, 1.165) is 52.9 Å². The van der Waals surface area contributed by atoms with Crippen molar-refractivity contribution in [2.24, 2.45) is 0 Å². The lowest BCUT2D eigenvalue weighted by Crippen LogP contribution is -2.43. The number of benzene rings is 3. The molecule has 4 rings (SSSR count). The van der Waals surface area contributed by atoms with Crippen molar-refractivity contribution in [1.82, 2.24) is 4.31 Å². The molecule has 1 heterocycles. The highest BCUT2D eigenvalue weighted by Crippen LogP contribution is 2.30. The van der Waals surface area contributed by atoms with Gasteiger partial charge >= 0.3 is 0 Å². The van der Waals surface area contributed by atoms with E-state index in [-0.39, 0.29) is 5.91 Å². The van der Waals surface area contributed by atoms with Gasteiger partial charge in [-0.05, 0) is 73.5 Å². The van der Waals surface area contributed by atoms with Crippen molar-refractivity contribution in [1.29, 1.82) is 0 Å². The van der Waals surface area contributed by atoms with E-state index in [1.165, 1.54) is 7.05 Å². The Morgan fingerprint density at radius 1 is 0.946 bits per heavy atom. The fourth-order valence-corrected chi connectivity index (χ4v) is 5.92. The van der Waals surface area contributed by atoms with Crippen LogP contribution < -0.4 is 14.5 Å². The first-order valence-corrected chi connectivity index (χ1v) is 15.0. The van der Waals surface area contributed by atoms with Crippen LogP contribution in [0, 0.1) is 6.92 Å². The fraction of sp³-hybridized carbons (Fsp3) is 0.269. The summed E-state index contributed by atoms with van der Waals surface area (Å²) in [6, 6.07) is 18.3. The monoisotopic (exact) mass is 578 g/mol. The molecule has 0 aromatic heterocycles. The topological polar surface area (TPSA) is 73.0 Å². The highest BCUT2D eigenvalue weighted by Gasteiger charge is 2.21. The first kappa shape index (κ1) is 27.6. The molecule has 1 N–H and O–H groups in total. The number of anilines is 3. The number of nitrogens with one attached hydrogen (secondary N) is 1. The number of nitrogens with zero attached hydrogens (tertiary/aromatic N) is 3. The maximum absolute atomic E-state index is 13.0. The molecule has 0 bridgehead atoms. The number of carbonyl (C=O) groups is 1. The Morgan fingerprint density at radius 3 is 2.16 bits per heavy atom. The lowest BCUT2D eigenvalue weighted by Gasteiger charge is -2.35. The largest absolute Gasteiger partial charge is 0.369 e. The number of halogens is 2. The van der Waals surface area contributed by atoms with Gasteiger partial charge < -0.3 is 10.2 Å². The number of aryl methyl sites for hydroxylation is 1. The van der Waals surface area contributed by atoms with E-state index in [9.17, 15) is 13.2 Å². The maximum atomic E-state index is 13.0. The molecule has 11 heteroatoms. The highest BCUT2D eigenvalue weighted by molar-refractivity contribution is 7.97. The van der Waals surface area contributed by atoms with Crippen LogP contribution in [-0.4, -0.2) is 58.1 Å². The zero-order valence-electron chi connectivity index (χ0n) is 20.7. The summed E-state index contributed by atoms with van der Waals surface area (Å²) in [5.74, 6) is -0.369. The summed E-state index contributed by atoms with van der Waals surface area (Å²) in [5.41, 5.74) is 3.15. The lowest BCUT2D eigenvalue weighted by molar-refractivity contribution is 0.102. The Kier molecular flexibility index (Phi) is 8.60. The second-order valence-corrected chi connectivity index (χ2v) is 12.9. The number of amides is 1. The third-order valence-electron chi connectivity index (χ3n) is 6.03. The Balaban J connectivity index is 1.37. The molecule has 1 saturated heterocycles. The van der Waals surface area contributed by atoms with Crippen molar-refractivity contribution in [3.05, 3.63) is 81.8 Å². The Morgan fingerprint density at radius 2 is 1.57 bits per heavy atom. The van der Waals surface area contributed by atoms with Gasteiger partial charge in [-0.1, -0.05) is 34.8 Å². The summed E-state index contributed by atoms with van der Waals surface area (Å²) in [5, 5.41) is 4.15. The second kappa shape index (κ2) is 11.5. The first-order chi connectivity index (χ1) is 17.5. The van der Waals surface area contributed by atoms with E-state index in [0.29, 0.717) is 27.0 Å². The average molecular weight is 580 g/mol. The summed E-state index contributed by atoms with van der Waals surface area (Å²) in [7, 11) is -2.07. The van der Waals surface area contributed by atoms with Crippen molar-refractivity contribution in [3.63, 3.8) is 0 Å². The number of hydrogen-bond donors (Lipinski definition) is 1. The van der Waals surface area contributed by atoms with E-state index in [1.54, 1.807) is 36.2 Å². The van der Waals surface area contributed by atoms with E-state index in [4.69, 9.17) is 23.2 Å². The standard InChI is InChI=1S/C26H28Cl2N4O3S2/c1-18-4-9-25(30(2)37(3,34)35)24(14-18)26(33)29-21-5-7-23(8-6-21)36-32-12-10-31(11-13-32)22-16-19(27)15-20(28)17-22/h4-9,14-17H,10-13H2,1-3H3,(H,29,33). The molecule has 7 nitrogen and oxygen atoms in total. The molecule has 1 fully saturated rings. The number of rotatable bonds is 7. The van der Waals surface area contributed by atoms with Gasteiger partial charge in [-0.25, -0.2) is 12.7 Å². The van der Waals surface area contributed by atoms with Gasteiger partial charge in [-0.2, -0.15) is 0 Å². The lowest BCUT2D eigenvalue weighted by atomic mass is 10.1. The minimum absolute atomic E-state index is 0.297. The van der Waals surface area contributed by atoms with Gasteiger partial charge in [0.2, 0.25) is 10.0 Å². The normalized spacial score (nSPS) is 14.5. The first-order valence-electron chi connectivity index (χ1n) is 11.6. The van der Waals surface area contributed by atoms with E-state index < -0.39 is 10.0 Å². The Bertz CT molecular complexity index is 1370. The van der Waals surface area contributed by atoms with Crippen molar-refractivity contribution in [2.45, 2.75) is 11.8 Å². The summed E-state index contributed by atoms with van der Waals surface area (Å²) in [6.45, 7) is 5.32. The molecule has 1 aliphatic heterocycles. The molecule has 0 aliphatic carbocycles. The smallest absolute Gasteiger partial charge is 0.257 e. The molecule has 196 valence electrons. The van der Waals surface area contributed by atoms with E-state index in [1.807, 2.05) is 43.3 Å². The number of sulfonamides is 1. The molecule has 0 unspecified atom stereocenters. The van der Waals surface area contributed by atoms with Gasteiger partial charge in [0.05, 0.1) is 17.5 Å². The SMILES string of the molecule is Cc1ccc(N(C)S(C)(=O)=O)c(C(=O)Nc2ccc(SN3CCN(c4cc(Cl)cc(Cl)c4)CC3)cc2)c1. The molecule has 0 saturated carbocycles. The van der Waals surface area contributed by atoms with Gasteiger partial charge in [-0.3, -0.25) is 9.10 Å². The number of carbonyl (C=O) groups excluding carboxylic acids is 1. The van der Waals surface area contributed by atoms with Crippen molar-refractivity contribution >= 4 is 68.1 Å². The van der Waals surface area contributed by atoms with Crippen LogP contribution >= 0.6 is 35.1 Å². The molecule has 3 aromatic carbocycles. The van der Waals surface area contributed by atoms with Crippen LogP contribution in [-0.2, 0) is 10.0 Å². The van der Waals surface area contributed by atoms with Crippen LogP contribution in [0.2, 0.25) is 10.0 Å². The molecule has 3 aromatic rings. The average Bonchev–Trinajstić information content (AvgIpc) is 2.84. The third kappa shape index (κ3) is 7.12. The van der Waals surface area contributed by atoms with Gasteiger partial charge in [0.1, 0.15) is 0 Å².